The Morgan fingerprint density at radius 3 is 2.27 bits per heavy atom. The van der Waals surface area contributed by atoms with Crippen LogP contribution >= 0.6 is 12.4 Å². The van der Waals surface area contributed by atoms with E-state index in [2.05, 4.69) is 34.2 Å². The number of para-hydroxylation sites is 1. The van der Waals surface area contributed by atoms with Crippen LogP contribution < -0.4 is 19.4 Å². The van der Waals surface area contributed by atoms with Crippen LogP contribution in [0.3, 0.4) is 0 Å². The molecule has 2 atom stereocenters. The molecule has 0 unspecified atom stereocenters. The third kappa shape index (κ3) is 6.72. The van der Waals surface area contributed by atoms with Gasteiger partial charge in [-0.25, -0.2) is 5.01 Å². The lowest BCUT2D eigenvalue weighted by molar-refractivity contribution is -0.123. The zero-order valence-corrected chi connectivity index (χ0v) is 29.0. The number of benzene rings is 3. The molecule has 0 radical (unpaired) electrons. The Bertz CT molecular complexity index is 1900. The number of allylic oxidation sites excluding steroid dienone is 2. The second-order valence-corrected chi connectivity index (χ2v) is 12.4. The van der Waals surface area contributed by atoms with E-state index < -0.39 is 0 Å². The van der Waals surface area contributed by atoms with Gasteiger partial charge < -0.3 is 19.3 Å². The first kappa shape index (κ1) is 34.0. The summed E-state index contributed by atoms with van der Waals surface area (Å²) in [7, 11) is 0. The number of aryl methyl sites for hydroxylation is 1. The summed E-state index contributed by atoms with van der Waals surface area (Å²) in [5.41, 5.74) is 6.13. The van der Waals surface area contributed by atoms with E-state index in [1.807, 2.05) is 86.3 Å². The minimum atomic E-state index is -0.219. The van der Waals surface area contributed by atoms with Crippen LogP contribution in [0.15, 0.2) is 90.0 Å². The van der Waals surface area contributed by atoms with Crippen molar-refractivity contribution in [2.75, 3.05) is 49.3 Å². The number of halogens is 1. The maximum absolute atomic E-state index is 13.8. The van der Waals surface area contributed by atoms with E-state index in [0.29, 0.717) is 55.5 Å². The van der Waals surface area contributed by atoms with Gasteiger partial charge in [-0.2, -0.15) is 5.10 Å². The topological polar surface area (TPSA) is 87.6 Å². The summed E-state index contributed by atoms with van der Waals surface area (Å²) in [6.45, 7) is 9.69. The van der Waals surface area contributed by atoms with E-state index in [4.69, 9.17) is 14.6 Å². The maximum atomic E-state index is 13.8. The van der Waals surface area contributed by atoms with Crippen molar-refractivity contribution in [1.82, 2.24) is 9.88 Å². The second-order valence-electron chi connectivity index (χ2n) is 12.4. The highest BCUT2D eigenvalue weighted by molar-refractivity contribution is 6.11. The lowest BCUT2D eigenvalue weighted by Crippen LogP contribution is -2.49. The van der Waals surface area contributed by atoms with Crippen molar-refractivity contribution in [2.24, 2.45) is 16.9 Å². The van der Waals surface area contributed by atoms with Gasteiger partial charge in [0.05, 0.1) is 36.0 Å². The number of hydrazone groups is 1. The summed E-state index contributed by atoms with van der Waals surface area (Å²) >= 11 is 0. The van der Waals surface area contributed by atoms with Crippen LogP contribution in [0.2, 0.25) is 0 Å². The van der Waals surface area contributed by atoms with Gasteiger partial charge in [0.2, 0.25) is 0 Å². The van der Waals surface area contributed by atoms with E-state index in [1.165, 1.54) is 5.01 Å². The Morgan fingerprint density at radius 2 is 1.53 bits per heavy atom. The molecule has 9 nitrogen and oxygen atoms in total. The molecule has 0 N–H and O–H groups in total. The van der Waals surface area contributed by atoms with E-state index >= 15 is 0 Å². The molecule has 49 heavy (non-hydrogen) atoms. The molecule has 2 aliphatic heterocycles. The van der Waals surface area contributed by atoms with Crippen molar-refractivity contribution in [3.63, 3.8) is 0 Å². The molecular formula is C39H42ClN5O4. The van der Waals surface area contributed by atoms with Gasteiger partial charge in [0, 0.05) is 60.0 Å². The third-order valence-electron chi connectivity index (χ3n) is 9.45. The van der Waals surface area contributed by atoms with Crippen LogP contribution in [0.4, 0.5) is 11.4 Å². The monoisotopic (exact) mass is 679 g/mol. The highest BCUT2D eigenvalue weighted by Crippen LogP contribution is 2.38. The molecular weight excluding hydrogens is 638 g/mol. The molecule has 4 aromatic rings. The molecule has 0 spiro atoms. The molecule has 0 saturated carbocycles. The highest BCUT2D eigenvalue weighted by atomic mass is 35.5. The number of fused-ring (bicyclic) bond motifs is 2. The second kappa shape index (κ2) is 14.7. The van der Waals surface area contributed by atoms with Gasteiger partial charge in [0.1, 0.15) is 0 Å². The number of anilines is 2. The lowest BCUT2D eigenvalue weighted by Gasteiger charge is -2.37. The number of amides is 2. The fourth-order valence-electron chi connectivity index (χ4n) is 7.07. The minimum absolute atomic E-state index is 0. The van der Waals surface area contributed by atoms with Crippen molar-refractivity contribution in [1.29, 1.82) is 0 Å². The van der Waals surface area contributed by atoms with Gasteiger partial charge in [-0.1, -0.05) is 30.4 Å². The summed E-state index contributed by atoms with van der Waals surface area (Å²) < 4.78 is 11.7. The molecule has 254 valence electrons. The number of aromatic nitrogens is 1. The normalized spacial score (nSPS) is 18.9. The van der Waals surface area contributed by atoms with Crippen LogP contribution in [0.25, 0.3) is 10.9 Å². The first-order chi connectivity index (χ1) is 23.4. The maximum Gasteiger partial charge on any atom is 0.253 e. The number of hydrogen-bond donors (Lipinski definition) is 0. The lowest BCUT2D eigenvalue weighted by atomic mass is 9.76. The number of piperazine rings is 1. The predicted molar refractivity (Wildman–Crippen MR) is 196 cm³/mol. The molecule has 1 saturated heterocycles. The smallest absolute Gasteiger partial charge is 0.253 e. The number of pyridine rings is 1. The molecule has 10 heteroatoms. The SMILES string of the molecule is CCOc1ccc(C2=NN(c3ccc(C(=O)N4CCN(c5cc(C)nc6ccccc56)CC4)cc3)C(=O)[C@@H]3CC=CC[C@H]23)cc1OCC.Cl. The van der Waals surface area contributed by atoms with Crippen LogP contribution in [0.1, 0.15) is 48.3 Å². The summed E-state index contributed by atoms with van der Waals surface area (Å²) in [4.78, 5) is 36.4. The van der Waals surface area contributed by atoms with Gasteiger partial charge in [-0.3, -0.25) is 14.6 Å². The van der Waals surface area contributed by atoms with Crippen LogP contribution in [-0.2, 0) is 4.79 Å². The Kier molecular flexibility index (Phi) is 10.2. The number of rotatable bonds is 8. The standard InChI is InChI=1S/C39H41N5O4.ClH/c1-4-47-35-19-16-28(25-36(35)48-5-2)37-30-10-6-7-11-31(30)39(46)44(41-37)29-17-14-27(15-18-29)38(45)43-22-20-42(21-23-43)34-24-26(3)40-33-13-9-8-12-32(33)34;/h6-9,12-19,24-25,30-31H,4-5,10-11,20-23H2,1-3H3;1H/t30-,31+;/m0./s1. The molecule has 3 aliphatic rings. The molecule has 1 fully saturated rings. The fraction of sp³-hybridized carbons (Fsp3) is 0.333. The quantitative estimate of drug-likeness (QED) is 0.185. The van der Waals surface area contributed by atoms with Gasteiger partial charge in [0.25, 0.3) is 11.8 Å². The average molecular weight is 680 g/mol. The Balaban J connectivity index is 0.00000417. The van der Waals surface area contributed by atoms with Gasteiger partial charge in [-0.15, -0.1) is 12.4 Å². The molecule has 3 heterocycles. The van der Waals surface area contributed by atoms with Crippen molar-refractivity contribution in [2.45, 2.75) is 33.6 Å². The Labute approximate surface area is 293 Å². The Hall–Kier alpha value is -4.89. The molecule has 0 bridgehead atoms. The van der Waals surface area contributed by atoms with Crippen molar-refractivity contribution in [3.8, 4) is 11.5 Å². The zero-order chi connectivity index (χ0) is 33.2. The van der Waals surface area contributed by atoms with Crippen LogP contribution in [-0.4, -0.2) is 66.8 Å². The summed E-state index contributed by atoms with van der Waals surface area (Å²) in [5.74, 6) is 1.07. The summed E-state index contributed by atoms with van der Waals surface area (Å²) in [6, 6.07) is 23.5. The van der Waals surface area contributed by atoms with Crippen LogP contribution in [0, 0.1) is 18.8 Å². The number of ether oxygens (including phenoxy) is 2. The molecule has 3 aromatic carbocycles. The van der Waals surface area contributed by atoms with Crippen LogP contribution in [0.5, 0.6) is 11.5 Å². The first-order valence-corrected chi connectivity index (χ1v) is 16.9. The van der Waals surface area contributed by atoms with E-state index in [1.54, 1.807) is 0 Å². The molecule has 1 aliphatic carbocycles. The average Bonchev–Trinajstić information content (AvgIpc) is 3.12. The summed E-state index contributed by atoms with van der Waals surface area (Å²) in [5, 5.41) is 7.60. The number of nitrogens with zero attached hydrogens (tertiary/aromatic N) is 5. The largest absolute Gasteiger partial charge is 0.490 e. The highest BCUT2D eigenvalue weighted by Gasteiger charge is 2.41. The number of carbonyl (C=O) groups excluding carboxylic acids is 2. The van der Waals surface area contributed by atoms with Crippen molar-refractivity contribution >= 4 is 52.2 Å². The Morgan fingerprint density at radius 1 is 0.837 bits per heavy atom. The third-order valence-corrected chi connectivity index (χ3v) is 9.45. The van der Waals surface area contributed by atoms with E-state index in [-0.39, 0.29) is 36.1 Å². The number of carbonyl (C=O) groups is 2. The number of hydrogen-bond acceptors (Lipinski definition) is 7. The minimum Gasteiger partial charge on any atom is -0.490 e. The zero-order valence-electron chi connectivity index (χ0n) is 28.2. The summed E-state index contributed by atoms with van der Waals surface area (Å²) in [6.07, 6.45) is 5.63. The molecule has 1 aromatic heterocycles. The van der Waals surface area contributed by atoms with Gasteiger partial charge in [0.15, 0.2) is 11.5 Å². The van der Waals surface area contributed by atoms with E-state index in [9.17, 15) is 9.59 Å². The fourth-order valence-corrected chi connectivity index (χ4v) is 7.07. The van der Waals surface area contributed by atoms with Gasteiger partial charge in [-0.05, 0) is 88.2 Å². The first-order valence-electron chi connectivity index (χ1n) is 16.9. The van der Waals surface area contributed by atoms with E-state index in [0.717, 1.165) is 53.1 Å². The molecule has 7 rings (SSSR count). The van der Waals surface area contributed by atoms with Gasteiger partial charge >= 0.3 is 0 Å². The van der Waals surface area contributed by atoms with Crippen molar-refractivity contribution in [3.05, 3.63) is 102 Å². The predicted octanol–water partition coefficient (Wildman–Crippen LogP) is 7.06. The molecule has 2 amide bonds. The van der Waals surface area contributed by atoms with Crippen molar-refractivity contribution < 1.29 is 19.1 Å².